The zero-order valence-electron chi connectivity index (χ0n) is 8.70. The molecular formula is C11H18N2O. The van der Waals surface area contributed by atoms with Crippen LogP contribution in [-0.4, -0.2) is 11.6 Å². The minimum Gasteiger partial charge on any atom is -0.478 e. The Morgan fingerprint density at radius 2 is 2.14 bits per heavy atom. The van der Waals surface area contributed by atoms with Crippen molar-refractivity contribution in [1.82, 2.24) is 4.98 Å². The maximum atomic E-state index is 5.50. The van der Waals surface area contributed by atoms with Gasteiger partial charge in [0.15, 0.2) is 0 Å². The molecule has 0 spiro atoms. The van der Waals surface area contributed by atoms with E-state index in [1.807, 2.05) is 0 Å². The van der Waals surface area contributed by atoms with Crippen molar-refractivity contribution in [3.05, 3.63) is 18.3 Å². The van der Waals surface area contributed by atoms with Crippen molar-refractivity contribution in [3.8, 4) is 5.88 Å². The summed E-state index contributed by atoms with van der Waals surface area (Å²) in [4.78, 5) is 4.05. The van der Waals surface area contributed by atoms with Crippen molar-refractivity contribution in [3.63, 3.8) is 0 Å². The summed E-state index contributed by atoms with van der Waals surface area (Å²) in [5.74, 6) is 0.663. The van der Waals surface area contributed by atoms with Crippen LogP contribution < -0.4 is 10.5 Å². The van der Waals surface area contributed by atoms with Crippen LogP contribution in [0.4, 0.5) is 5.69 Å². The molecule has 0 bridgehead atoms. The number of aromatic nitrogens is 1. The maximum absolute atomic E-state index is 5.50. The van der Waals surface area contributed by atoms with Crippen molar-refractivity contribution in [1.29, 1.82) is 0 Å². The highest BCUT2D eigenvalue weighted by Gasteiger charge is 1.94. The van der Waals surface area contributed by atoms with Gasteiger partial charge in [-0.3, -0.25) is 0 Å². The molecule has 78 valence electrons. The molecule has 1 aromatic heterocycles. The molecule has 3 nitrogen and oxygen atoms in total. The molecule has 0 aliphatic rings. The van der Waals surface area contributed by atoms with E-state index in [1.54, 1.807) is 18.3 Å². The number of ether oxygens (including phenoxy) is 1. The number of rotatable bonds is 6. The van der Waals surface area contributed by atoms with E-state index >= 15 is 0 Å². The molecule has 1 aromatic rings. The molecular weight excluding hydrogens is 176 g/mol. The topological polar surface area (TPSA) is 48.1 Å². The monoisotopic (exact) mass is 194 g/mol. The van der Waals surface area contributed by atoms with Gasteiger partial charge in [-0.05, 0) is 12.5 Å². The molecule has 0 fully saturated rings. The summed E-state index contributed by atoms with van der Waals surface area (Å²) >= 11 is 0. The number of unbranched alkanes of at least 4 members (excludes halogenated alkanes) is 3. The molecule has 1 heterocycles. The number of nitrogens with two attached hydrogens (primary N) is 1. The maximum Gasteiger partial charge on any atom is 0.213 e. The molecule has 0 radical (unpaired) electrons. The van der Waals surface area contributed by atoms with Gasteiger partial charge in [-0.1, -0.05) is 26.2 Å². The Bertz CT molecular complexity index is 246. The second kappa shape index (κ2) is 6.24. The molecule has 0 saturated heterocycles. The Balaban J connectivity index is 2.15. The predicted molar refractivity (Wildman–Crippen MR) is 58.3 cm³/mol. The highest BCUT2D eigenvalue weighted by molar-refractivity contribution is 5.35. The van der Waals surface area contributed by atoms with Crippen molar-refractivity contribution in [2.45, 2.75) is 32.6 Å². The predicted octanol–water partition coefficient (Wildman–Crippen LogP) is 2.62. The van der Waals surface area contributed by atoms with Gasteiger partial charge in [-0.15, -0.1) is 0 Å². The first-order valence-electron chi connectivity index (χ1n) is 5.17. The van der Waals surface area contributed by atoms with Crippen LogP contribution in [0.3, 0.4) is 0 Å². The van der Waals surface area contributed by atoms with E-state index in [9.17, 15) is 0 Å². The molecule has 0 aliphatic heterocycles. The lowest BCUT2D eigenvalue weighted by molar-refractivity contribution is 0.294. The summed E-state index contributed by atoms with van der Waals surface area (Å²) in [5.41, 5.74) is 6.17. The third kappa shape index (κ3) is 4.12. The summed E-state index contributed by atoms with van der Waals surface area (Å²) < 4.78 is 5.44. The summed E-state index contributed by atoms with van der Waals surface area (Å²) in [6.45, 7) is 2.94. The Morgan fingerprint density at radius 1 is 1.29 bits per heavy atom. The minimum atomic E-state index is 0.663. The SMILES string of the molecule is CCCCCCOc1ccc(N)cn1. The summed E-state index contributed by atoms with van der Waals surface area (Å²) in [6, 6.07) is 3.60. The number of nitrogens with zero attached hydrogens (tertiary/aromatic N) is 1. The Hall–Kier alpha value is -1.25. The van der Waals surface area contributed by atoms with Gasteiger partial charge >= 0.3 is 0 Å². The van der Waals surface area contributed by atoms with Crippen LogP contribution in [0, 0.1) is 0 Å². The van der Waals surface area contributed by atoms with Crippen LogP contribution in [0.5, 0.6) is 5.88 Å². The van der Waals surface area contributed by atoms with Gasteiger partial charge in [0.1, 0.15) is 0 Å². The average Bonchev–Trinajstić information content (AvgIpc) is 2.21. The van der Waals surface area contributed by atoms with Gasteiger partial charge in [0, 0.05) is 6.07 Å². The van der Waals surface area contributed by atoms with Gasteiger partial charge in [-0.2, -0.15) is 0 Å². The van der Waals surface area contributed by atoms with Crippen LogP contribution >= 0.6 is 0 Å². The molecule has 0 amide bonds. The van der Waals surface area contributed by atoms with E-state index in [0.29, 0.717) is 11.6 Å². The highest BCUT2D eigenvalue weighted by atomic mass is 16.5. The molecule has 0 unspecified atom stereocenters. The molecule has 0 atom stereocenters. The molecule has 3 heteroatoms. The van der Waals surface area contributed by atoms with E-state index in [-0.39, 0.29) is 0 Å². The van der Waals surface area contributed by atoms with E-state index < -0.39 is 0 Å². The first kappa shape index (κ1) is 10.8. The molecule has 14 heavy (non-hydrogen) atoms. The summed E-state index contributed by atoms with van der Waals surface area (Å²) in [5, 5.41) is 0. The van der Waals surface area contributed by atoms with Gasteiger partial charge < -0.3 is 10.5 Å². The second-order valence-corrected chi connectivity index (χ2v) is 3.34. The van der Waals surface area contributed by atoms with Gasteiger partial charge in [0.05, 0.1) is 18.5 Å². The van der Waals surface area contributed by atoms with E-state index in [4.69, 9.17) is 10.5 Å². The van der Waals surface area contributed by atoms with Crippen LogP contribution in [0.2, 0.25) is 0 Å². The average molecular weight is 194 g/mol. The summed E-state index contributed by atoms with van der Waals surface area (Å²) in [7, 11) is 0. The van der Waals surface area contributed by atoms with Crippen molar-refractivity contribution >= 4 is 5.69 Å². The number of hydrogen-bond donors (Lipinski definition) is 1. The van der Waals surface area contributed by atoms with Gasteiger partial charge in [0.2, 0.25) is 5.88 Å². The molecule has 0 aromatic carbocycles. The van der Waals surface area contributed by atoms with E-state index in [2.05, 4.69) is 11.9 Å². The smallest absolute Gasteiger partial charge is 0.213 e. The number of nitrogen functional groups attached to an aromatic ring is 1. The lowest BCUT2D eigenvalue weighted by atomic mass is 10.2. The number of hydrogen-bond acceptors (Lipinski definition) is 3. The van der Waals surface area contributed by atoms with E-state index in [0.717, 1.165) is 13.0 Å². The third-order valence-corrected chi connectivity index (χ3v) is 2.01. The fourth-order valence-corrected chi connectivity index (χ4v) is 1.18. The van der Waals surface area contributed by atoms with Crippen LogP contribution in [0.1, 0.15) is 32.6 Å². The third-order valence-electron chi connectivity index (χ3n) is 2.01. The fourth-order valence-electron chi connectivity index (χ4n) is 1.18. The Morgan fingerprint density at radius 3 is 2.79 bits per heavy atom. The largest absolute Gasteiger partial charge is 0.478 e. The molecule has 0 saturated carbocycles. The first-order chi connectivity index (χ1) is 6.83. The Kier molecular flexibility index (Phi) is 4.83. The number of pyridine rings is 1. The normalized spacial score (nSPS) is 10.1. The van der Waals surface area contributed by atoms with E-state index in [1.165, 1.54) is 19.3 Å². The van der Waals surface area contributed by atoms with Crippen molar-refractivity contribution in [2.24, 2.45) is 0 Å². The van der Waals surface area contributed by atoms with Crippen LogP contribution in [-0.2, 0) is 0 Å². The van der Waals surface area contributed by atoms with Gasteiger partial charge in [0.25, 0.3) is 0 Å². The quantitative estimate of drug-likeness (QED) is 0.708. The lowest BCUT2D eigenvalue weighted by Crippen LogP contribution is -1.99. The molecule has 1 rings (SSSR count). The minimum absolute atomic E-state index is 0.663. The number of anilines is 1. The standard InChI is InChI=1S/C11H18N2O/c1-2-3-4-5-8-14-11-7-6-10(12)9-13-11/h6-7,9H,2-5,8,12H2,1H3. The van der Waals surface area contributed by atoms with Crippen LogP contribution in [0.15, 0.2) is 18.3 Å². The fraction of sp³-hybridized carbons (Fsp3) is 0.545. The molecule has 2 N–H and O–H groups in total. The lowest BCUT2D eigenvalue weighted by Gasteiger charge is -2.04. The first-order valence-corrected chi connectivity index (χ1v) is 5.17. The van der Waals surface area contributed by atoms with Gasteiger partial charge in [-0.25, -0.2) is 4.98 Å². The zero-order chi connectivity index (χ0) is 10.2. The second-order valence-electron chi connectivity index (χ2n) is 3.34. The Labute approximate surface area is 85.3 Å². The van der Waals surface area contributed by atoms with Crippen molar-refractivity contribution < 1.29 is 4.74 Å². The van der Waals surface area contributed by atoms with Crippen LogP contribution in [0.25, 0.3) is 0 Å². The molecule has 0 aliphatic carbocycles. The zero-order valence-corrected chi connectivity index (χ0v) is 8.70. The highest BCUT2D eigenvalue weighted by Crippen LogP contribution is 2.09. The summed E-state index contributed by atoms with van der Waals surface area (Å²) in [6.07, 6.45) is 6.46. The van der Waals surface area contributed by atoms with Crippen molar-refractivity contribution in [2.75, 3.05) is 12.3 Å².